The number of nitrogens with zero attached hydrogens (tertiary/aromatic N) is 1. The second-order valence-electron chi connectivity index (χ2n) is 4.66. The van der Waals surface area contributed by atoms with Gasteiger partial charge in [-0.3, -0.25) is 10.1 Å². The van der Waals surface area contributed by atoms with E-state index in [0.717, 1.165) is 26.3 Å². The fourth-order valence-corrected chi connectivity index (χ4v) is 2.78. The molecule has 0 amide bonds. The summed E-state index contributed by atoms with van der Waals surface area (Å²) in [4.78, 5) is 10.3. The Labute approximate surface area is 130 Å². The normalized spacial score (nSPS) is 12.2. The predicted octanol–water partition coefficient (Wildman–Crippen LogP) is 4.58. The molecule has 0 bridgehead atoms. The zero-order chi connectivity index (χ0) is 14.9. The number of hydrogen-bond donors (Lipinski definition) is 1. The second-order valence-corrected chi connectivity index (χ2v) is 5.82. The topological polar surface area (TPSA) is 68.3 Å². The van der Waals surface area contributed by atoms with Crippen molar-refractivity contribution in [3.8, 4) is 0 Å². The van der Waals surface area contributed by atoms with Crippen molar-refractivity contribution in [3.63, 3.8) is 0 Å². The van der Waals surface area contributed by atoms with Crippen molar-refractivity contribution in [3.05, 3.63) is 55.0 Å². The lowest BCUT2D eigenvalue weighted by Gasteiger charge is -2.15. The minimum atomic E-state index is -0.390. The SMILES string of the molecule is Cc1cc(C(C)Nc2ccc([N+](=O)[O-])cc2I)c(C)o1. The lowest BCUT2D eigenvalue weighted by molar-refractivity contribution is -0.384. The van der Waals surface area contributed by atoms with E-state index in [1.165, 1.54) is 6.07 Å². The molecule has 1 unspecified atom stereocenters. The number of halogens is 1. The van der Waals surface area contributed by atoms with Crippen molar-refractivity contribution in [1.29, 1.82) is 0 Å². The standard InChI is InChI=1S/C14H15IN2O3/c1-8-6-12(10(3)20-8)9(2)16-14-5-4-11(17(18)19)7-13(14)15/h4-7,9,16H,1-3H3. The van der Waals surface area contributed by atoms with Crippen LogP contribution in [0.5, 0.6) is 0 Å². The molecule has 0 saturated heterocycles. The summed E-state index contributed by atoms with van der Waals surface area (Å²) in [5.74, 6) is 1.77. The minimum Gasteiger partial charge on any atom is -0.466 e. The molecule has 1 aromatic carbocycles. The van der Waals surface area contributed by atoms with Gasteiger partial charge in [-0.25, -0.2) is 0 Å². The van der Waals surface area contributed by atoms with E-state index in [-0.39, 0.29) is 16.7 Å². The summed E-state index contributed by atoms with van der Waals surface area (Å²) in [6.07, 6.45) is 0. The molecule has 0 saturated carbocycles. The number of nitrogens with one attached hydrogen (secondary N) is 1. The number of nitro benzene ring substituents is 1. The molecule has 106 valence electrons. The largest absolute Gasteiger partial charge is 0.466 e. The minimum absolute atomic E-state index is 0.0717. The molecule has 6 heteroatoms. The maximum absolute atomic E-state index is 10.7. The number of non-ortho nitro benzene ring substituents is 1. The van der Waals surface area contributed by atoms with E-state index < -0.39 is 0 Å². The molecule has 0 aliphatic heterocycles. The van der Waals surface area contributed by atoms with Crippen LogP contribution in [0.15, 0.2) is 28.7 Å². The van der Waals surface area contributed by atoms with E-state index in [1.54, 1.807) is 12.1 Å². The van der Waals surface area contributed by atoms with Crippen LogP contribution in [0, 0.1) is 27.5 Å². The summed E-state index contributed by atoms with van der Waals surface area (Å²) < 4.78 is 6.34. The molecule has 1 atom stereocenters. The molecule has 2 aromatic rings. The highest BCUT2D eigenvalue weighted by Gasteiger charge is 2.15. The third-order valence-corrected chi connectivity index (χ3v) is 3.97. The summed E-state index contributed by atoms with van der Waals surface area (Å²) in [6.45, 7) is 5.88. The Morgan fingerprint density at radius 1 is 1.35 bits per heavy atom. The lowest BCUT2D eigenvalue weighted by Crippen LogP contribution is -2.08. The van der Waals surface area contributed by atoms with Gasteiger partial charge in [-0.2, -0.15) is 0 Å². The molecular weight excluding hydrogens is 371 g/mol. The smallest absolute Gasteiger partial charge is 0.270 e. The molecule has 0 fully saturated rings. The Morgan fingerprint density at radius 3 is 2.55 bits per heavy atom. The lowest BCUT2D eigenvalue weighted by atomic mass is 10.1. The fraction of sp³-hybridized carbons (Fsp3) is 0.286. The average Bonchev–Trinajstić information content (AvgIpc) is 2.70. The Kier molecular flexibility index (Phi) is 4.32. The van der Waals surface area contributed by atoms with Crippen molar-refractivity contribution in [1.82, 2.24) is 0 Å². The van der Waals surface area contributed by atoms with Gasteiger partial charge in [-0.15, -0.1) is 0 Å². The maximum atomic E-state index is 10.7. The third-order valence-electron chi connectivity index (χ3n) is 3.08. The monoisotopic (exact) mass is 386 g/mol. The zero-order valence-corrected chi connectivity index (χ0v) is 13.6. The maximum Gasteiger partial charge on any atom is 0.270 e. The second kappa shape index (κ2) is 5.82. The average molecular weight is 386 g/mol. The number of hydrogen-bond acceptors (Lipinski definition) is 4. The van der Waals surface area contributed by atoms with E-state index in [4.69, 9.17) is 4.42 Å². The highest BCUT2D eigenvalue weighted by atomic mass is 127. The van der Waals surface area contributed by atoms with Crippen LogP contribution in [0.3, 0.4) is 0 Å². The molecule has 0 aliphatic rings. The molecule has 5 nitrogen and oxygen atoms in total. The molecular formula is C14H15IN2O3. The summed E-state index contributed by atoms with van der Waals surface area (Å²) in [6, 6.07) is 6.87. The predicted molar refractivity (Wildman–Crippen MR) is 86.0 cm³/mol. The van der Waals surface area contributed by atoms with Gasteiger partial charge in [-0.1, -0.05) is 0 Å². The molecule has 0 spiro atoms. The van der Waals surface area contributed by atoms with Crippen LogP contribution in [0.25, 0.3) is 0 Å². The first kappa shape index (κ1) is 14.8. The van der Waals surface area contributed by atoms with Gasteiger partial charge < -0.3 is 9.73 Å². The molecule has 0 aliphatic carbocycles. The van der Waals surface area contributed by atoms with Gasteiger partial charge >= 0.3 is 0 Å². The summed E-state index contributed by atoms with van der Waals surface area (Å²) in [5, 5.41) is 14.1. The van der Waals surface area contributed by atoms with E-state index >= 15 is 0 Å². The number of benzene rings is 1. The molecule has 1 aromatic heterocycles. The van der Waals surface area contributed by atoms with Gasteiger partial charge in [0.2, 0.25) is 0 Å². The molecule has 1 heterocycles. The first-order valence-corrected chi connectivity index (χ1v) is 7.23. The number of rotatable bonds is 4. The van der Waals surface area contributed by atoms with E-state index in [1.807, 2.05) is 26.8 Å². The van der Waals surface area contributed by atoms with Crippen molar-refractivity contribution in [2.24, 2.45) is 0 Å². The highest BCUT2D eigenvalue weighted by Crippen LogP contribution is 2.29. The Morgan fingerprint density at radius 2 is 2.05 bits per heavy atom. The first-order chi connectivity index (χ1) is 9.38. The van der Waals surface area contributed by atoms with E-state index in [2.05, 4.69) is 27.9 Å². The summed E-state index contributed by atoms with van der Waals surface area (Å²) in [5.41, 5.74) is 2.07. The zero-order valence-electron chi connectivity index (χ0n) is 11.4. The van der Waals surface area contributed by atoms with Crippen LogP contribution in [0.1, 0.15) is 30.0 Å². The van der Waals surface area contributed by atoms with Crippen molar-refractivity contribution >= 4 is 34.0 Å². The van der Waals surface area contributed by atoms with E-state index in [0.29, 0.717) is 0 Å². The van der Waals surface area contributed by atoms with Gasteiger partial charge in [0.15, 0.2) is 0 Å². The Balaban J connectivity index is 2.22. The molecule has 20 heavy (non-hydrogen) atoms. The van der Waals surface area contributed by atoms with Crippen LogP contribution >= 0.6 is 22.6 Å². The number of aryl methyl sites for hydroxylation is 2. The molecule has 1 N–H and O–H groups in total. The number of furan rings is 1. The Hall–Kier alpha value is -1.57. The van der Waals surface area contributed by atoms with Crippen LogP contribution in [0.2, 0.25) is 0 Å². The van der Waals surface area contributed by atoms with Crippen LogP contribution in [-0.2, 0) is 0 Å². The van der Waals surface area contributed by atoms with Gasteiger partial charge in [0.1, 0.15) is 11.5 Å². The molecule has 0 radical (unpaired) electrons. The quantitative estimate of drug-likeness (QED) is 0.475. The van der Waals surface area contributed by atoms with Crippen molar-refractivity contribution in [2.75, 3.05) is 5.32 Å². The van der Waals surface area contributed by atoms with Crippen molar-refractivity contribution < 1.29 is 9.34 Å². The van der Waals surface area contributed by atoms with Crippen molar-refractivity contribution in [2.45, 2.75) is 26.8 Å². The van der Waals surface area contributed by atoms with Gasteiger partial charge in [0.05, 0.1) is 11.0 Å². The third kappa shape index (κ3) is 3.12. The summed E-state index contributed by atoms with van der Waals surface area (Å²) >= 11 is 2.10. The first-order valence-electron chi connectivity index (χ1n) is 6.16. The van der Waals surface area contributed by atoms with Crippen LogP contribution in [0.4, 0.5) is 11.4 Å². The number of anilines is 1. The van der Waals surface area contributed by atoms with Crippen LogP contribution in [-0.4, -0.2) is 4.92 Å². The molecule has 2 rings (SSSR count). The highest BCUT2D eigenvalue weighted by molar-refractivity contribution is 14.1. The van der Waals surface area contributed by atoms with Gasteiger partial charge in [0.25, 0.3) is 5.69 Å². The van der Waals surface area contributed by atoms with Crippen LogP contribution < -0.4 is 5.32 Å². The summed E-state index contributed by atoms with van der Waals surface area (Å²) in [7, 11) is 0. The van der Waals surface area contributed by atoms with Gasteiger partial charge in [0, 0.05) is 27.0 Å². The fourth-order valence-electron chi connectivity index (χ4n) is 2.13. The number of nitro groups is 1. The van der Waals surface area contributed by atoms with Gasteiger partial charge in [-0.05, 0) is 55.5 Å². The van der Waals surface area contributed by atoms with E-state index in [9.17, 15) is 10.1 Å². The Bertz CT molecular complexity index is 652.